The van der Waals surface area contributed by atoms with Gasteiger partial charge in [-0.15, -0.1) is 11.6 Å². The molecular formula is C11H14Cl2N4O. The summed E-state index contributed by atoms with van der Waals surface area (Å²) in [6, 6.07) is 1.64. The van der Waals surface area contributed by atoms with Crippen LogP contribution >= 0.6 is 23.2 Å². The summed E-state index contributed by atoms with van der Waals surface area (Å²) in [5.41, 5.74) is 0.963. The number of nitrogens with zero attached hydrogens (tertiary/aromatic N) is 2. The van der Waals surface area contributed by atoms with Crippen LogP contribution < -0.4 is 10.9 Å². The van der Waals surface area contributed by atoms with E-state index in [9.17, 15) is 4.79 Å². The third-order valence-corrected chi connectivity index (χ3v) is 3.42. The summed E-state index contributed by atoms with van der Waals surface area (Å²) in [5, 5.41) is 6.77. The highest BCUT2D eigenvalue weighted by molar-refractivity contribution is 6.30. The molecule has 0 bridgehead atoms. The molecule has 2 aromatic heterocycles. The Morgan fingerprint density at radius 3 is 2.78 bits per heavy atom. The summed E-state index contributed by atoms with van der Waals surface area (Å²) >= 11 is 11.9. The number of halogens is 2. The first-order chi connectivity index (χ1) is 8.40. The van der Waals surface area contributed by atoms with E-state index in [2.05, 4.69) is 15.4 Å². The van der Waals surface area contributed by atoms with Gasteiger partial charge in [0.1, 0.15) is 10.5 Å². The van der Waals surface area contributed by atoms with Crippen molar-refractivity contribution < 1.29 is 0 Å². The monoisotopic (exact) mass is 288 g/mol. The molecule has 5 nitrogen and oxygen atoms in total. The van der Waals surface area contributed by atoms with Gasteiger partial charge in [-0.3, -0.25) is 14.6 Å². The van der Waals surface area contributed by atoms with Crippen molar-refractivity contribution in [2.24, 2.45) is 7.05 Å². The van der Waals surface area contributed by atoms with Crippen LogP contribution in [0.4, 0.5) is 5.69 Å². The minimum Gasteiger partial charge on any atom is -0.380 e. The van der Waals surface area contributed by atoms with E-state index < -0.39 is 0 Å². The number of alkyl halides is 1. The quantitative estimate of drug-likeness (QED) is 0.673. The van der Waals surface area contributed by atoms with E-state index in [1.807, 2.05) is 13.8 Å². The van der Waals surface area contributed by atoms with Crippen molar-refractivity contribution in [1.29, 1.82) is 0 Å². The van der Waals surface area contributed by atoms with Gasteiger partial charge in [0.25, 0.3) is 5.56 Å². The summed E-state index contributed by atoms with van der Waals surface area (Å²) in [6.07, 6.45) is 0. The predicted molar refractivity (Wildman–Crippen MR) is 74.7 cm³/mol. The number of aromatic nitrogens is 3. The molecule has 2 atom stereocenters. The Kier molecular flexibility index (Phi) is 3.54. The molecule has 1 unspecified atom stereocenters. The molecule has 98 valence electrons. The van der Waals surface area contributed by atoms with Crippen molar-refractivity contribution >= 4 is 39.9 Å². The van der Waals surface area contributed by atoms with Crippen LogP contribution in [0.5, 0.6) is 0 Å². The lowest BCUT2D eigenvalue weighted by Crippen LogP contribution is -2.25. The Morgan fingerprint density at radius 2 is 2.17 bits per heavy atom. The van der Waals surface area contributed by atoms with Crippen LogP contribution in [-0.2, 0) is 7.05 Å². The van der Waals surface area contributed by atoms with Gasteiger partial charge in [-0.25, -0.2) is 4.98 Å². The molecule has 0 saturated heterocycles. The topological polar surface area (TPSA) is 62.7 Å². The Balaban J connectivity index is 2.58. The van der Waals surface area contributed by atoms with Gasteiger partial charge in [0.15, 0.2) is 5.65 Å². The smallest absolute Gasteiger partial charge is 0.277 e. The lowest BCUT2D eigenvalue weighted by molar-refractivity contribution is 0.747. The van der Waals surface area contributed by atoms with Crippen LogP contribution in [0, 0.1) is 0 Å². The van der Waals surface area contributed by atoms with Gasteiger partial charge in [-0.1, -0.05) is 11.6 Å². The maximum atomic E-state index is 12.0. The minimum atomic E-state index is -0.147. The Labute approximate surface area is 114 Å². The van der Waals surface area contributed by atoms with Crippen molar-refractivity contribution in [2.45, 2.75) is 25.3 Å². The fraction of sp³-hybridized carbons (Fsp3) is 0.455. The summed E-state index contributed by atoms with van der Waals surface area (Å²) < 4.78 is 1.37. The van der Waals surface area contributed by atoms with Gasteiger partial charge < -0.3 is 5.32 Å². The van der Waals surface area contributed by atoms with Gasteiger partial charge in [0, 0.05) is 13.1 Å². The largest absolute Gasteiger partial charge is 0.380 e. The Hall–Kier alpha value is -1.20. The second kappa shape index (κ2) is 4.82. The maximum absolute atomic E-state index is 12.0. The fourth-order valence-electron chi connectivity index (χ4n) is 1.66. The van der Waals surface area contributed by atoms with Crippen molar-refractivity contribution in [2.75, 3.05) is 5.32 Å². The molecular weight excluding hydrogens is 275 g/mol. The molecule has 2 heterocycles. The summed E-state index contributed by atoms with van der Waals surface area (Å²) in [7, 11) is 1.63. The van der Waals surface area contributed by atoms with Crippen LogP contribution in [0.1, 0.15) is 13.8 Å². The van der Waals surface area contributed by atoms with E-state index >= 15 is 0 Å². The molecule has 0 fully saturated rings. The number of H-pyrrole nitrogens is 1. The van der Waals surface area contributed by atoms with Crippen molar-refractivity contribution in [3.8, 4) is 0 Å². The molecule has 7 heteroatoms. The number of anilines is 1. The number of nitrogens with one attached hydrogen (secondary N) is 2. The van der Waals surface area contributed by atoms with E-state index in [0.29, 0.717) is 21.9 Å². The van der Waals surface area contributed by atoms with E-state index in [0.717, 1.165) is 0 Å². The number of hydrogen-bond donors (Lipinski definition) is 2. The average molecular weight is 289 g/mol. The maximum Gasteiger partial charge on any atom is 0.277 e. The fourth-order valence-corrected chi connectivity index (χ4v) is 1.92. The Bertz CT molecular complexity index is 632. The zero-order chi connectivity index (χ0) is 13.4. The van der Waals surface area contributed by atoms with Crippen LogP contribution in [0.3, 0.4) is 0 Å². The van der Waals surface area contributed by atoms with Crippen molar-refractivity contribution in [3.05, 3.63) is 21.6 Å². The van der Waals surface area contributed by atoms with Gasteiger partial charge in [-0.2, -0.15) is 0 Å². The number of pyridine rings is 1. The molecule has 0 aliphatic carbocycles. The first-order valence-corrected chi connectivity index (χ1v) is 6.37. The van der Waals surface area contributed by atoms with Gasteiger partial charge in [0.05, 0.1) is 11.1 Å². The number of fused-ring (bicyclic) bond motifs is 1. The van der Waals surface area contributed by atoms with Gasteiger partial charge in [-0.05, 0) is 19.9 Å². The zero-order valence-corrected chi connectivity index (χ0v) is 11.8. The van der Waals surface area contributed by atoms with Crippen LogP contribution in [0.25, 0.3) is 11.0 Å². The molecule has 0 aliphatic heterocycles. The van der Waals surface area contributed by atoms with Gasteiger partial charge in [0.2, 0.25) is 0 Å². The van der Waals surface area contributed by atoms with E-state index in [1.54, 1.807) is 13.1 Å². The number of aryl methyl sites for hydroxylation is 1. The Morgan fingerprint density at radius 1 is 1.50 bits per heavy atom. The van der Waals surface area contributed by atoms with E-state index in [1.165, 1.54) is 4.68 Å². The number of rotatable bonds is 3. The third-order valence-electron chi connectivity index (χ3n) is 2.85. The molecule has 0 aromatic carbocycles. The van der Waals surface area contributed by atoms with Crippen molar-refractivity contribution in [1.82, 2.24) is 14.8 Å². The normalized spacial score (nSPS) is 14.7. The molecule has 0 saturated carbocycles. The van der Waals surface area contributed by atoms with E-state index in [4.69, 9.17) is 23.2 Å². The summed E-state index contributed by atoms with van der Waals surface area (Å²) in [6.45, 7) is 3.82. The first-order valence-electron chi connectivity index (χ1n) is 5.56. The molecule has 2 rings (SSSR count). The standard InChI is InChI=1S/C11H14Cl2N4O/c1-5(12)6(2)14-7-4-8(13)15-10-9(7)11(18)17(3)16-10/h4-6H,1-3H3,(H2,14,15,16)/t5?,6-/m1/s1. The minimum absolute atomic E-state index is 0.00735. The highest BCUT2D eigenvalue weighted by Gasteiger charge is 2.16. The molecule has 0 spiro atoms. The van der Waals surface area contributed by atoms with Crippen LogP contribution in [0.2, 0.25) is 5.15 Å². The van der Waals surface area contributed by atoms with Gasteiger partial charge >= 0.3 is 0 Å². The molecule has 0 radical (unpaired) electrons. The third kappa shape index (κ3) is 2.33. The zero-order valence-electron chi connectivity index (χ0n) is 10.3. The first kappa shape index (κ1) is 13.2. The van der Waals surface area contributed by atoms with E-state index in [-0.39, 0.29) is 17.0 Å². The second-order valence-electron chi connectivity index (χ2n) is 4.30. The lowest BCUT2D eigenvalue weighted by Gasteiger charge is -2.17. The SMILES string of the molecule is CC(Cl)[C@@H](C)Nc1cc(Cl)nc2[nH]n(C)c(=O)c12. The molecule has 0 aliphatic rings. The highest BCUT2D eigenvalue weighted by Crippen LogP contribution is 2.23. The number of hydrogen-bond acceptors (Lipinski definition) is 3. The highest BCUT2D eigenvalue weighted by atomic mass is 35.5. The molecule has 18 heavy (non-hydrogen) atoms. The molecule has 0 amide bonds. The molecule has 2 N–H and O–H groups in total. The predicted octanol–water partition coefficient (Wildman–Crippen LogP) is 2.34. The van der Waals surface area contributed by atoms with Crippen LogP contribution in [-0.4, -0.2) is 26.2 Å². The summed E-state index contributed by atoms with van der Waals surface area (Å²) in [4.78, 5) is 16.1. The molecule has 2 aromatic rings. The van der Waals surface area contributed by atoms with Crippen molar-refractivity contribution in [3.63, 3.8) is 0 Å². The summed E-state index contributed by atoms with van der Waals surface area (Å²) in [5.74, 6) is 0. The average Bonchev–Trinajstić information content (AvgIpc) is 2.54. The lowest BCUT2D eigenvalue weighted by atomic mass is 10.2. The van der Waals surface area contributed by atoms with Crippen LogP contribution in [0.15, 0.2) is 10.9 Å². The number of aromatic amines is 1. The second-order valence-corrected chi connectivity index (χ2v) is 5.38.